The average molecular weight is 326 g/mol. The summed E-state index contributed by atoms with van der Waals surface area (Å²) in [4.78, 5) is 16.0. The molecular weight excluding hydrogens is 306 g/mol. The third kappa shape index (κ3) is 4.27. The highest BCUT2D eigenvalue weighted by Gasteiger charge is 2.10. The summed E-state index contributed by atoms with van der Waals surface area (Å²) in [7, 11) is 1.74. The Labute approximate surface area is 135 Å². The topological polar surface area (TPSA) is 54.0 Å². The summed E-state index contributed by atoms with van der Waals surface area (Å²) in [5.41, 5.74) is 5.77. The second-order valence-corrected chi connectivity index (χ2v) is 5.73. The van der Waals surface area contributed by atoms with E-state index in [1.165, 1.54) is 28.0 Å². The predicted octanol–water partition coefficient (Wildman–Crippen LogP) is 3.32. The fourth-order valence-electron chi connectivity index (χ4n) is 2.02. The molecule has 0 saturated heterocycles. The Morgan fingerprint density at radius 1 is 1.19 bits per heavy atom. The summed E-state index contributed by atoms with van der Waals surface area (Å²) in [6, 6.07) is 4.32. The minimum atomic E-state index is -0.0785. The lowest BCUT2D eigenvalue weighted by atomic mass is 9.99. The van der Waals surface area contributed by atoms with E-state index in [1.807, 2.05) is 5.38 Å². The largest absolute Gasteiger partial charge is 0.311 e. The van der Waals surface area contributed by atoms with Crippen molar-refractivity contribution >= 4 is 34.8 Å². The minimum Gasteiger partial charge on any atom is -0.311 e. The van der Waals surface area contributed by atoms with Gasteiger partial charge in [0, 0.05) is 10.9 Å². The molecule has 2 aromatic rings. The summed E-state index contributed by atoms with van der Waals surface area (Å²) >= 11 is 1.45. The maximum atomic E-state index is 11.5. The molecule has 2 N–H and O–H groups in total. The van der Waals surface area contributed by atoms with Crippen molar-refractivity contribution in [1.82, 2.24) is 10.3 Å². The normalized spacial score (nSPS) is 10.1. The first-order valence-electron chi connectivity index (χ1n) is 6.49. The van der Waals surface area contributed by atoms with E-state index >= 15 is 0 Å². The van der Waals surface area contributed by atoms with E-state index in [4.69, 9.17) is 0 Å². The van der Waals surface area contributed by atoms with Crippen LogP contribution >= 0.6 is 23.7 Å². The Hall–Kier alpha value is -1.43. The minimum absolute atomic E-state index is 0. The molecule has 1 aromatic heterocycles. The van der Waals surface area contributed by atoms with Gasteiger partial charge in [0.05, 0.1) is 12.2 Å². The van der Waals surface area contributed by atoms with E-state index in [-0.39, 0.29) is 24.9 Å². The number of aromatic nitrogens is 1. The molecular formula is C15H20ClN3OS. The second kappa shape index (κ2) is 7.54. The molecule has 1 amide bonds. The van der Waals surface area contributed by atoms with Gasteiger partial charge >= 0.3 is 0 Å². The van der Waals surface area contributed by atoms with Gasteiger partial charge in [0.15, 0.2) is 5.13 Å². The van der Waals surface area contributed by atoms with Crippen LogP contribution in [-0.2, 0) is 4.79 Å². The van der Waals surface area contributed by atoms with Crippen molar-refractivity contribution in [2.45, 2.75) is 20.8 Å². The molecule has 0 aliphatic carbocycles. The monoisotopic (exact) mass is 325 g/mol. The zero-order chi connectivity index (χ0) is 14.7. The number of nitrogens with one attached hydrogen (secondary N) is 2. The third-order valence-corrected chi connectivity index (χ3v) is 3.96. The van der Waals surface area contributed by atoms with Gasteiger partial charge in [-0.15, -0.1) is 23.7 Å². The molecule has 2 rings (SSSR count). The Kier molecular flexibility index (Phi) is 6.33. The lowest BCUT2D eigenvalue weighted by molar-refractivity contribution is -0.115. The molecule has 4 nitrogen and oxygen atoms in total. The molecule has 0 aliphatic heterocycles. The van der Waals surface area contributed by atoms with E-state index in [2.05, 4.69) is 48.5 Å². The van der Waals surface area contributed by atoms with Gasteiger partial charge in [-0.1, -0.05) is 6.07 Å². The fraction of sp³-hybridized carbons (Fsp3) is 0.333. The molecule has 0 spiro atoms. The number of nitrogens with zero attached hydrogens (tertiary/aromatic N) is 1. The molecule has 6 heteroatoms. The number of hydrogen-bond donors (Lipinski definition) is 2. The summed E-state index contributed by atoms with van der Waals surface area (Å²) in [6.45, 7) is 6.58. The van der Waals surface area contributed by atoms with Crippen molar-refractivity contribution in [2.24, 2.45) is 0 Å². The Balaban J connectivity index is 0.00000220. The van der Waals surface area contributed by atoms with E-state index in [1.54, 1.807) is 7.05 Å². The number of likely N-dealkylation sites (N-methyl/N-ethyl adjacent to an activating group) is 1. The first kappa shape index (κ1) is 17.6. The number of aryl methyl sites for hydroxylation is 3. The lowest BCUT2D eigenvalue weighted by Gasteiger charge is -2.07. The van der Waals surface area contributed by atoms with Crippen molar-refractivity contribution in [3.8, 4) is 11.3 Å². The first-order chi connectivity index (χ1) is 9.51. The van der Waals surface area contributed by atoms with Gasteiger partial charge in [0.2, 0.25) is 5.91 Å². The van der Waals surface area contributed by atoms with Gasteiger partial charge in [-0.3, -0.25) is 4.79 Å². The molecule has 0 radical (unpaired) electrons. The van der Waals surface area contributed by atoms with Crippen molar-refractivity contribution in [3.63, 3.8) is 0 Å². The van der Waals surface area contributed by atoms with Crippen molar-refractivity contribution in [2.75, 3.05) is 18.9 Å². The Morgan fingerprint density at radius 2 is 1.86 bits per heavy atom. The zero-order valence-corrected chi connectivity index (χ0v) is 14.2. The molecule has 0 atom stereocenters. The van der Waals surface area contributed by atoms with Gasteiger partial charge in [-0.25, -0.2) is 4.98 Å². The van der Waals surface area contributed by atoms with Crippen LogP contribution in [0.5, 0.6) is 0 Å². The number of rotatable bonds is 4. The standard InChI is InChI=1S/C15H19N3OS.ClH/c1-9-5-11(3)12(6-10(9)2)13-8-20-15(17-13)18-14(19)7-16-4;/h5-6,8,16H,7H2,1-4H3,(H,17,18,19);1H. The predicted molar refractivity (Wildman–Crippen MR) is 91.6 cm³/mol. The Bertz CT molecular complexity index is 640. The van der Waals surface area contributed by atoms with Crippen molar-refractivity contribution < 1.29 is 4.79 Å². The van der Waals surface area contributed by atoms with Gasteiger partial charge in [0.25, 0.3) is 0 Å². The number of benzene rings is 1. The van der Waals surface area contributed by atoms with Gasteiger partial charge in [0.1, 0.15) is 0 Å². The van der Waals surface area contributed by atoms with Gasteiger partial charge in [-0.05, 0) is 50.6 Å². The maximum Gasteiger partial charge on any atom is 0.240 e. The first-order valence-corrected chi connectivity index (χ1v) is 7.37. The van der Waals surface area contributed by atoms with E-state index in [9.17, 15) is 4.79 Å². The number of halogens is 1. The summed E-state index contributed by atoms with van der Waals surface area (Å²) < 4.78 is 0. The van der Waals surface area contributed by atoms with Crippen LogP contribution in [0.4, 0.5) is 5.13 Å². The number of amides is 1. The number of carbonyl (C=O) groups excluding carboxylic acids is 1. The van der Waals surface area contributed by atoms with E-state index in [0.717, 1.165) is 11.3 Å². The average Bonchev–Trinajstić information content (AvgIpc) is 2.82. The molecule has 1 aromatic carbocycles. The quantitative estimate of drug-likeness (QED) is 0.906. The third-order valence-electron chi connectivity index (χ3n) is 3.20. The van der Waals surface area contributed by atoms with Crippen LogP contribution in [0.15, 0.2) is 17.5 Å². The van der Waals surface area contributed by atoms with E-state index < -0.39 is 0 Å². The lowest BCUT2D eigenvalue weighted by Crippen LogP contribution is -2.24. The summed E-state index contributed by atoms with van der Waals surface area (Å²) in [5.74, 6) is -0.0785. The number of anilines is 1. The van der Waals surface area contributed by atoms with Crippen LogP contribution < -0.4 is 10.6 Å². The molecule has 21 heavy (non-hydrogen) atoms. The number of carbonyl (C=O) groups is 1. The highest BCUT2D eigenvalue weighted by atomic mass is 35.5. The van der Waals surface area contributed by atoms with Crippen LogP contribution in [0.1, 0.15) is 16.7 Å². The summed E-state index contributed by atoms with van der Waals surface area (Å²) in [6.07, 6.45) is 0. The van der Waals surface area contributed by atoms with Crippen LogP contribution in [0.2, 0.25) is 0 Å². The molecule has 0 aliphatic rings. The molecule has 114 valence electrons. The van der Waals surface area contributed by atoms with Crippen molar-refractivity contribution in [3.05, 3.63) is 34.2 Å². The second-order valence-electron chi connectivity index (χ2n) is 4.87. The highest BCUT2D eigenvalue weighted by Crippen LogP contribution is 2.29. The van der Waals surface area contributed by atoms with E-state index in [0.29, 0.717) is 5.13 Å². The number of hydrogen-bond acceptors (Lipinski definition) is 4. The van der Waals surface area contributed by atoms with Gasteiger partial charge < -0.3 is 10.6 Å². The molecule has 0 fully saturated rings. The molecule has 0 saturated carbocycles. The van der Waals surface area contributed by atoms with Crippen LogP contribution in [0.25, 0.3) is 11.3 Å². The zero-order valence-electron chi connectivity index (χ0n) is 12.6. The maximum absolute atomic E-state index is 11.5. The summed E-state index contributed by atoms with van der Waals surface area (Å²) in [5, 5.41) is 8.21. The SMILES string of the molecule is CNCC(=O)Nc1nc(-c2cc(C)c(C)cc2C)cs1.Cl. The van der Waals surface area contributed by atoms with Gasteiger partial charge in [-0.2, -0.15) is 0 Å². The van der Waals surface area contributed by atoms with Crippen LogP contribution in [0, 0.1) is 20.8 Å². The molecule has 1 heterocycles. The smallest absolute Gasteiger partial charge is 0.240 e. The molecule has 0 bridgehead atoms. The molecule has 0 unspecified atom stereocenters. The highest BCUT2D eigenvalue weighted by molar-refractivity contribution is 7.14. The Morgan fingerprint density at radius 3 is 2.52 bits per heavy atom. The fourth-order valence-corrected chi connectivity index (χ4v) is 2.74. The van der Waals surface area contributed by atoms with Crippen LogP contribution in [0.3, 0.4) is 0 Å². The van der Waals surface area contributed by atoms with Crippen LogP contribution in [-0.4, -0.2) is 24.5 Å². The number of thiazole rings is 1. The van der Waals surface area contributed by atoms with Crippen molar-refractivity contribution in [1.29, 1.82) is 0 Å².